The number of fused-ring (bicyclic) bond motifs is 1. The maximum Gasteiger partial charge on any atom is 0.179 e. The van der Waals surface area contributed by atoms with Crippen LogP contribution in [0.1, 0.15) is 0 Å². The van der Waals surface area contributed by atoms with E-state index in [1.807, 2.05) is 18.2 Å². The van der Waals surface area contributed by atoms with Gasteiger partial charge in [0.1, 0.15) is 0 Å². The lowest BCUT2D eigenvalue weighted by molar-refractivity contribution is 0.457. The Morgan fingerprint density at radius 3 is 3.09 bits per heavy atom. The number of hydrogen-bond acceptors (Lipinski definition) is 2. The first-order chi connectivity index (χ1) is 5.27. The van der Waals surface area contributed by atoms with Crippen molar-refractivity contribution < 1.29 is 4.52 Å². The molecule has 56 valence electrons. The molecule has 0 saturated heterocycles. The minimum atomic E-state index is 0.410. The smallest absolute Gasteiger partial charge is 0.179 e. The van der Waals surface area contributed by atoms with Crippen molar-refractivity contribution in [1.29, 1.82) is 0 Å². The van der Waals surface area contributed by atoms with Crippen LogP contribution in [-0.4, -0.2) is 5.16 Å². The van der Waals surface area contributed by atoms with Gasteiger partial charge in [0.05, 0.1) is 5.39 Å². The molecule has 1 aromatic carbocycles. The van der Waals surface area contributed by atoms with E-state index >= 15 is 0 Å². The van der Waals surface area contributed by atoms with Gasteiger partial charge in [-0.05, 0) is 18.2 Å². The second-order valence-corrected chi connectivity index (χ2v) is 3.39. The Bertz CT molecular complexity index is 398. The van der Waals surface area contributed by atoms with Gasteiger partial charge in [0.25, 0.3) is 0 Å². The van der Waals surface area contributed by atoms with Crippen molar-refractivity contribution in [3.63, 3.8) is 0 Å². The predicted molar refractivity (Wildman–Crippen MR) is 46.7 cm³/mol. The lowest BCUT2D eigenvalue weighted by Crippen LogP contribution is -1.64. The molecule has 0 spiro atoms. The van der Waals surface area contributed by atoms with Crippen LogP contribution in [-0.2, 0) is 0 Å². The highest BCUT2D eigenvalue weighted by Gasteiger charge is 2.04. The molecule has 11 heavy (non-hydrogen) atoms. The summed E-state index contributed by atoms with van der Waals surface area (Å²) in [5.41, 5.74) is 0.698. The van der Waals surface area contributed by atoms with E-state index in [0.717, 1.165) is 9.86 Å². The van der Waals surface area contributed by atoms with Crippen LogP contribution in [0.2, 0.25) is 5.15 Å². The zero-order chi connectivity index (χ0) is 7.84. The monoisotopic (exact) mass is 231 g/mol. The summed E-state index contributed by atoms with van der Waals surface area (Å²) in [7, 11) is 0. The van der Waals surface area contributed by atoms with Gasteiger partial charge in [0.15, 0.2) is 10.7 Å². The van der Waals surface area contributed by atoms with Gasteiger partial charge in [-0.3, -0.25) is 0 Å². The third-order valence-electron chi connectivity index (χ3n) is 1.39. The first kappa shape index (κ1) is 7.13. The molecule has 2 nitrogen and oxygen atoms in total. The highest BCUT2D eigenvalue weighted by molar-refractivity contribution is 9.10. The summed E-state index contributed by atoms with van der Waals surface area (Å²) in [4.78, 5) is 0. The van der Waals surface area contributed by atoms with Crippen molar-refractivity contribution >= 4 is 38.5 Å². The Morgan fingerprint density at radius 1 is 1.45 bits per heavy atom. The number of halogens is 2. The molecule has 0 atom stereocenters. The third-order valence-corrected chi connectivity index (χ3v) is 2.16. The van der Waals surface area contributed by atoms with Crippen LogP contribution in [0.5, 0.6) is 0 Å². The van der Waals surface area contributed by atoms with Crippen LogP contribution in [0.4, 0.5) is 0 Å². The normalized spacial score (nSPS) is 10.7. The summed E-state index contributed by atoms with van der Waals surface area (Å²) in [6.07, 6.45) is 0. The van der Waals surface area contributed by atoms with Gasteiger partial charge in [0, 0.05) is 4.47 Å². The van der Waals surface area contributed by atoms with Crippen molar-refractivity contribution in [2.24, 2.45) is 0 Å². The van der Waals surface area contributed by atoms with Crippen LogP contribution in [0, 0.1) is 0 Å². The topological polar surface area (TPSA) is 26.0 Å². The van der Waals surface area contributed by atoms with E-state index in [2.05, 4.69) is 21.1 Å². The van der Waals surface area contributed by atoms with Gasteiger partial charge in [0.2, 0.25) is 0 Å². The zero-order valence-electron chi connectivity index (χ0n) is 5.34. The summed E-state index contributed by atoms with van der Waals surface area (Å²) in [6, 6.07) is 5.58. The molecule has 0 radical (unpaired) electrons. The van der Waals surface area contributed by atoms with Gasteiger partial charge < -0.3 is 4.52 Å². The van der Waals surface area contributed by atoms with Crippen molar-refractivity contribution in [2.45, 2.75) is 0 Å². The fourth-order valence-corrected chi connectivity index (χ4v) is 1.41. The molecule has 1 heterocycles. The van der Waals surface area contributed by atoms with Crippen LogP contribution < -0.4 is 0 Å². The molecule has 2 rings (SSSR count). The molecule has 0 aliphatic carbocycles. The number of benzene rings is 1. The summed E-state index contributed by atoms with van der Waals surface area (Å²) in [5.74, 6) is 0. The van der Waals surface area contributed by atoms with Crippen LogP contribution in [0.3, 0.4) is 0 Å². The highest BCUT2D eigenvalue weighted by Crippen LogP contribution is 2.25. The molecule has 1 aromatic heterocycles. The molecule has 0 N–H and O–H groups in total. The Balaban J connectivity index is 2.86. The highest BCUT2D eigenvalue weighted by atomic mass is 79.9. The number of rotatable bonds is 0. The van der Waals surface area contributed by atoms with E-state index in [1.54, 1.807) is 0 Å². The Kier molecular flexibility index (Phi) is 1.62. The quantitative estimate of drug-likeness (QED) is 0.697. The lowest BCUT2D eigenvalue weighted by Gasteiger charge is -1.86. The molecule has 0 fully saturated rings. The molecule has 0 unspecified atom stereocenters. The van der Waals surface area contributed by atoms with E-state index in [1.165, 1.54) is 0 Å². The second kappa shape index (κ2) is 2.50. The number of hydrogen-bond donors (Lipinski definition) is 0. The van der Waals surface area contributed by atoms with Gasteiger partial charge in [-0.25, -0.2) is 0 Å². The summed E-state index contributed by atoms with van der Waals surface area (Å²) in [6.45, 7) is 0. The van der Waals surface area contributed by atoms with E-state index < -0.39 is 0 Å². The molecule has 0 bridgehead atoms. The van der Waals surface area contributed by atoms with Crippen LogP contribution in [0.25, 0.3) is 11.0 Å². The first-order valence-electron chi connectivity index (χ1n) is 2.98. The van der Waals surface area contributed by atoms with Crippen molar-refractivity contribution in [1.82, 2.24) is 5.16 Å². The predicted octanol–water partition coefficient (Wildman–Crippen LogP) is 3.24. The first-order valence-corrected chi connectivity index (χ1v) is 4.15. The minimum absolute atomic E-state index is 0.410. The van der Waals surface area contributed by atoms with Crippen LogP contribution >= 0.6 is 27.5 Å². The fourth-order valence-electron chi connectivity index (χ4n) is 0.881. The Morgan fingerprint density at radius 2 is 2.27 bits per heavy atom. The Hall–Kier alpha value is -0.540. The largest absolute Gasteiger partial charge is 0.355 e. The Labute approximate surface area is 76.2 Å². The van der Waals surface area contributed by atoms with Crippen LogP contribution in [0.15, 0.2) is 27.2 Å². The standard InChI is InChI=1S/C7H3BrClNO/c8-4-1-2-5-6(3-4)11-10-7(5)9/h1-3H. The SMILES string of the molecule is Clc1noc2cc(Br)ccc12. The summed E-state index contributed by atoms with van der Waals surface area (Å²) < 4.78 is 5.87. The maximum atomic E-state index is 5.70. The molecule has 0 amide bonds. The average molecular weight is 232 g/mol. The van der Waals surface area contributed by atoms with E-state index in [9.17, 15) is 0 Å². The molecular weight excluding hydrogens is 229 g/mol. The van der Waals surface area contributed by atoms with Crippen molar-refractivity contribution in [3.8, 4) is 0 Å². The summed E-state index contributed by atoms with van der Waals surface area (Å²) >= 11 is 9.02. The number of aromatic nitrogens is 1. The molecule has 2 aromatic rings. The van der Waals surface area contributed by atoms with Crippen molar-refractivity contribution in [2.75, 3.05) is 0 Å². The second-order valence-electron chi connectivity index (χ2n) is 2.11. The molecule has 0 aliphatic heterocycles. The molecular formula is C7H3BrClNO. The van der Waals surface area contributed by atoms with E-state index in [-0.39, 0.29) is 0 Å². The summed E-state index contributed by atoms with van der Waals surface area (Å²) in [5, 5.41) is 4.86. The van der Waals surface area contributed by atoms with Gasteiger partial charge >= 0.3 is 0 Å². The number of nitrogens with zero attached hydrogens (tertiary/aromatic N) is 1. The van der Waals surface area contributed by atoms with Crippen molar-refractivity contribution in [3.05, 3.63) is 27.8 Å². The third kappa shape index (κ3) is 1.14. The van der Waals surface area contributed by atoms with E-state index in [4.69, 9.17) is 16.1 Å². The average Bonchev–Trinajstić information content (AvgIpc) is 2.32. The minimum Gasteiger partial charge on any atom is -0.355 e. The van der Waals surface area contributed by atoms with E-state index in [0.29, 0.717) is 10.7 Å². The van der Waals surface area contributed by atoms with Gasteiger partial charge in [-0.2, -0.15) is 0 Å². The van der Waals surface area contributed by atoms with Gasteiger partial charge in [-0.1, -0.05) is 32.7 Å². The maximum absolute atomic E-state index is 5.70. The molecule has 0 aliphatic rings. The molecule has 4 heteroatoms. The fraction of sp³-hybridized carbons (Fsp3) is 0. The zero-order valence-corrected chi connectivity index (χ0v) is 7.69. The van der Waals surface area contributed by atoms with Gasteiger partial charge in [-0.15, -0.1) is 0 Å². The lowest BCUT2D eigenvalue weighted by atomic mass is 10.3. The molecule has 0 saturated carbocycles.